The SMILES string of the molecule is CC.Cc1ccc(O)c(C2CCN3C(=O)C(C(C)O)NC(=O)C3C2)c1Cl. The zero-order valence-electron chi connectivity index (χ0n) is 15.6. The molecule has 0 radical (unpaired) electrons. The van der Waals surface area contributed by atoms with Crippen LogP contribution in [-0.4, -0.2) is 51.7 Å². The van der Waals surface area contributed by atoms with Crippen LogP contribution in [0.15, 0.2) is 12.1 Å². The molecule has 2 aliphatic heterocycles. The van der Waals surface area contributed by atoms with Crippen LogP contribution in [0.4, 0.5) is 0 Å². The Labute approximate surface area is 159 Å². The Morgan fingerprint density at radius 1 is 1.31 bits per heavy atom. The largest absolute Gasteiger partial charge is 0.508 e. The van der Waals surface area contributed by atoms with Crippen LogP contribution < -0.4 is 5.32 Å². The van der Waals surface area contributed by atoms with E-state index in [4.69, 9.17) is 11.6 Å². The number of aliphatic hydroxyl groups excluding tert-OH is 1. The number of carbonyl (C=O) groups excluding carboxylic acids is 2. The Morgan fingerprint density at radius 2 is 1.96 bits per heavy atom. The standard InChI is InChI=1S/C17H21ClN2O4.C2H6/c1-8-3-4-12(22)13(14(8)18)10-5-6-20-11(7-10)16(23)19-15(9(2)21)17(20)24;1-2/h3-4,9-11,15,21-22H,5-7H2,1-2H3,(H,19,23);1-2H3. The Morgan fingerprint density at radius 3 is 2.58 bits per heavy atom. The van der Waals surface area contributed by atoms with E-state index in [0.29, 0.717) is 30.0 Å². The number of piperazine rings is 1. The summed E-state index contributed by atoms with van der Waals surface area (Å²) in [6.07, 6.45) is 0.0787. The third-order valence-electron chi connectivity index (χ3n) is 4.99. The Balaban J connectivity index is 0.00000117. The molecule has 6 nitrogen and oxygen atoms in total. The number of aliphatic hydroxyl groups is 1. The van der Waals surface area contributed by atoms with Gasteiger partial charge in [-0.3, -0.25) is 9.59 Å². The van der Waals surface area contributed by atoms with Gasteiger partial charge in [0.1, 0.15) is 17.8 Å². The molecule has 7 heteroatoms. The first kappa shape index (κ1) is 20.5. The number of phenolic OH excluding ortho intramolecular Hbond substituents is 1. The van der Waals surface area contributed by atoms with Gasteiger partial charge >= 0.3 is 0 Å². The van der Waals surface area contributed by atoms with Crippen molar-refractivity contribution < 1.29 is 19.8 Å². The number of rotatable bonds is 2. The van der Waals surface area contributed by atoms with Gasteiger partial charge in [-0.25, -0.2) is 0 Å². The van der Waals surface area contributed by atoms with E-state index < -0.39 is 18.2 Å². The topological polar surface area (TPSA) is 89.9 Å². The van der Waals surface area contributed by atoms with Gasteiger partial charge in [0.25, 0.3) is 0 Å². The van der Waals surface area contributed by atoms with Crippen LogP contribution in [0.5, 0.6) is 5.75 Å². The Kier molecular flexibility index (Phi) is 6.53. The lowest BCUT2D eigenvalue weighted by Gasteiger charge is -2.44. The number of phenols is 1. The van der Waals surface area contributed by atoms with Crippen molar-refractivity contribution in [3.8, 4) is 5.75 Å². The van der Waals surface area contributed by atoms with E-state index in [2.05, 4.69) is 5.32 Å². The van der Waals surface area contributed by atoms with Crippen LogP contribution in [0.1, 0.15) is 50.7 Å². The molecular formula is C19H27ClN2O4. The third kappa shape index (κ3) is 3.67. The molecule has 3 N–H and O–H groups in total. The average Bonchev–Trinajstić information content (AvgIpc) is 2.63. The zero-order valence-corrected chi connectivity index (χ0v) is 16.4. The number of nitrogens with one attached hydrogen (secondary N) is 1. The quantitative estimate of drug-likeness (QED) is 0.732. The Bertz CT molecular complexity index is 692. The molecule has 0 bridgehead atoms. The highest BCUT2D eigenvalue weighted by Crippen LogP contribution is 2.42. The molecule has 4 atom stereocenters. The minimum atomic E-state index is -0.935. The number of aryl methyl sites for hydroxylation is 1. The molecule has 3 rings (SSSR count). The second kappa shape index (κ2) is 8.27. The van der Waals surface area contributed by atoms with Crippen molar-refractivity contribution >= 4 is 23.4 Å². The molecule has 0 saturated carbocycles. The molecule has 1 aromatic rings. The summed E-state index contributed by atoms with van der Waals surface area (Å²) in [4.78, 5) is 26.4. The first-order valence-electron chi connectivity index (χ1n) is 9.08. The zero-order chi connectivity index (χ0) is 19.6. The molecule has 2 amide bonds. The van der Waals surface area contributed by atoms with Crippen LogP contribution in [0.25, 0.3) is 0 Å². The second-order valence-corrected chi connectivity index (χ2v) is 7.00. The number of carbonyl (C=O) groups is 2. The molecule has 1 aromatic carbocycles. The third-order valence-corrected chi connectivity index (χ3v) is 5.49. The molecule has 2 saturated heterocycles. The molecule has 2 heterocycles. The van der Waals surface area contributed by atoms with Crippen LogP contribution in [0.3, 0.4) is 0 Å². The number of halogens is 1. The van der Waals surface area contributed by atoms with Gasteiger partial charge in [0.2, 0.25) is 11.8 Å². The van der Waals surface area contributed by atoms with Crippen molar-refractivity contribution in [2.45, 2.75) is 64.6 Å². The summed E-state index contributed by atoms with van der Waals surface area (Å²) in [5.74, 6) is -0.505. The van der Waals surface area contributed by atoms with Gasteiger partial charge < -0.3 is 20.4 Å². The number of piperidine rings is 1. The summed E-state index contributed by atoms with van der Waals surface area (Å²) in [6, 6.07) is 1.88. The van der Waals surface area contributed by atoms with Gasteiger partial charge in [-0.2, -0.15) is 0 Å². The second-order valence-electron chi connectivity index (χ2n) is 6.62. The highest BCUT2D eigenvalue weighted by atomic mass is 35.5. The van der Waals surface area contributed by atoms with E-state index >= 15 is 0 Å². The predicted octanol–water partition coefficient (Wildman–Crippen LogP) is 2.33. The summed E-state index contributed by atoms with van der Waals surface area (Å²) < 4.78 is 0. The molecule has 2 fully saturated rings. The van der Waals surface area contributed by atoms with Gasteiger partial charge in [0.05, 0.1) is 11.1 Å². The normalized spacial score (nSPS) is 26.4. The van der Waals surface area contributed by atoms with E-state index in [0.717, 1.165) is 5.56 Å². The van der Waals surface area contributed by atoms with Crippen molar-refractivity contribution in [3.63, 3.8) is 0 Å². The van der Waals surface area contributed by atoms with Gasteiger partial charge in [-0.05, 0) is 44.2 Å². The highest BCUT2D eigenvalue weighted by molar-refractivity contribution is 6.32. The van der Waals surface area contributed by atoms with Crippen LogP contribution in [0, 0.1) is 6.92 Å². The van der Waals surface area contributed by atoms with E-state index in [1.807, 2.05) is 20.8 Å². The maximum absolute atomic E-state index is 12.5. The molecule has 26 heavy (non-hydrogen) atoms. The van der Waals surface area contributed by atoms with Crippen LogP contribution in [0.2, 0.25) is 5.02 Å². The van der Waals surface area contributed by atoms with E-state index in [1.165, 1.54) is 11.8 Å². The fraction of sp³-hybridized carbons (Fsp3) is 0.579. The van der Waals surface area contributed by atoms with Crippen molar-refractivity contribution in [3.05, 3.63) is 28.3 Å². The summed E-state index contributed by atoms with van der Waals surface area (Å²) >= 11 is 6.36. The van der Waals surface area contributed by atoms with E-state index in [1.54, 1.807) is 12.1 Å². The predicted molar refractivity (Wildman–Crippen MR) is 100 cm³/mol. The summed E-state index contributed by atoms with van der Waals surface area (Å²) in [5.41, 5.74) is 1.51. The number of fused-ring (bicyclic) bond motifs is 1. The van der Waals surface area contributed by atoms with Crippen LogP contribution >= 0.6 is 11.6 Å². The lowest BCUT2D eigenvalue weighted by Crippen LogP contribution is -2.67. The number of amides is 2. The lowest BCUT2D eigenvalue weighted by atomic mass is 9.82. The number of benzene rings is 1. The summed E-state index contributed by atoms with van der Waals surface area (Å²) in [7, 11) is 0. The number of hydrogen-bond donors (Lipinski definition) is 3. The minimum absolute atomic E-state index is 0.0969. The fourth-order valence-corrected chi connectivity index (χ4v) is 3.95. The van der Waals surface area contributed by atoms with Gasteiger partial charge in [0.15, 0.2) is 0 Å². The first-order valence-corrected chi connectivity index (χ1v) is 9.46. The summed E-state index contributed by atoms with van der Waals surface area (Å²) in [5, 5.41) is 23.0. The monoisotopic (exact) mass is 382 g/mol. The summed E-state index contributed by atoms with van der Waals surface area (Å²) in [6.45, 7) is 7.75. The Hall–Kier alpha value is -1.79. The average molecular weight is 383 g/mol. The molecule has 144 valence electrons. The molecule has 4 unspecified atom stereocenters. The van der Waals surface area contributed by atoms with Gasteiger partial charge in [0, 0.05) is 12.1 Å². The number of nitrogens with zero attached hydrogens (tertiary/aromatic N) is 1. The molecule has 0 aliphatic carbocycles. The van der Waals surface area contributed by atoms with E-state index in [9.17, 15) is 19.8 Å². The molecule has 0 spiro atoms. The van der Waals surface area contributed by atoms with Gasteiger partial charge in [-0.1, -0.05) is 31.5 Å². The van der Waals surface area contributed by atoms with Crippen LogP contribution in [-0.2, 0) is 9.59 Å². The van der Waals surface area contributed by atoms with E-state index in [-0.39, 0.29) is 23.5 Å². The minimum Gasteiger partial charge on any atom is -0.508 e. The molecule has 2 aliphatic rings. The van der Waals surface area contributed by atoms with Gasteiger partial charge in [-0.15, -0.1) is 0 Å². The number of aromatic hydroxyl groups is 1. The lowest BCUT2D eigenvalue weighted by molar-refractivity contribution is -0.154. The first-order chi connectivity index (χ1) is 12.3. The molecular weight excluding hydrogens is 356 g/mol. The van der Waals surface area contributed by atoms with Crippen molar-refractivity contribution in [1.82, 2.24) is 10.2 Å². The van der Waals surface area contributed by atoms with Crippen molar-refractivity contribution in [2.75, 3.05) is 6.54 Å². The smallest absolute Gasteiger partial charge is 0.248 e. The number of hydrogen-bond acceptors (Lipinski definition) is 4. The molecule has 0 aromatic heterocycles. The maximum atomic E-state index is 12.5. The highest BCUT2D eigenvalue weighted by Gasteiger charge is 2.45. The fourth-order valence-electron chi connectivity index (χ4n) is 3.64. The maximum Gasteiger partial charge on any atom is 0.248 e. The van der Waals surface area contributed by atoms with Crippen molar-refractivity contribution in [1.29, 1.82) is 0 Å². The van der Waals surface area contributed by atoms with Crippen molar-refractivity contribution in [2.24, 2.45) is 0 Å².